The topological polar surface area (TPSA) is 141 Å². The number of aliphatic carboxylic acids is 1. The van der Waals surface area contributed by atoms with E-state index in [1.54, 1.807) is 18.3 Å². The van der Waals surface area contributed by atoms with Gasteiger partial charge in [-0.05, 0) is 35.7 Å². The minimum absolute atomic E-state index is 0. The molecule has 1 unspecified atom stereocenters. The quantitative estimate of drug-likeness (QED) is 0.177. The second-order valence-electron chi connectivity index (χ2n) is 7.88. The molecule has 1 aromatic heterocycles. The molecule has 0 radical (unpaired) electrons. The maximum atomic E-state index is 12.4. The van der Waals surface area contributed by atoms with Gasteiger partial charge in [0, 0.05) is 24.7 Å². The number of aromatic nitrogens is 1. The summed E-state index contributed by atoms with van der Waals surface area (Å²) in [6.45, 7) is 0.274. The van der Waals surface area contributed by atoms with Gasteiger partial charge in [0.05, 0.1) is 19.0 Å². The average molecular weight is 501 g/mol. The van der Waals surface area contributed by atoms with Crippen LogP contribution in [0.4, 0.5) is 5.82 Å². The second kappa shape index (κ2) is 14.9. The Morgan fingerprint density at radius 2 is 1.72 bits per heavy atom. The van der Waals surface area contributed by atoms with E-state index in [0.29, 0.717) is 24.1 Å². The van der Waals surface area contributed by atoms with Gasteiger partial charge in [-0.2, -0.15) is 0 Å². The first-order chi connectivity index (χ1) is 16.9. The third-order valence-electron chi connectivity index (χ3n) is 5.22. The predicted molar refractivity (Wildman–Crippen MR) is 133 cm³/mol. The Labute approximate surface area is 233 Å². The molecule has 0 fully saturated rings. The van der Waals surface area contributed by atoms with Gasteiger partial charge in [-0.1, -0.05) is 48.5 Å². The summed E-state index contributed by atoms with van der Waals surface area (Å²) in [6.07, 6.45) is 2.08. The molecule has 0 bridgehead atoms. The molecule has 1 atom stereocenters. The van der Waals surface area contributed by atoms with E-state index in [9.17, 15) is 24.6 Å². The third-order valence-corrected chi connectivity index (χ3v) is 5.22. The van der Waals surface area contributed by atoms with Gasteiger partial charge in [-0.15, -0.1) is 0 Å². The number of carboxylic acid groups (broad SMARTS) is 1. The van der Waals surface area contributed by atoms with Crippen molar-refractivity contribution in [2.75, 3.05) is 18.4 Å². The van der Waals surface area contributed by atoms with Crippen molar-refractivity contribution in [1.29, 1.82) is 0 Å². The van der Waals surface area contributed by atoms with E-state index >= 15 is 0 Å². The summed E-state index contributed by atoms with van der Waals surface area (Å²) in [5, 5.41) is 28.0. The molecule has 1 heterocycles. The van der Waals surface area contributed by atoms with Crippen LogP contribution in [0.3, 0.4) is 0 Å². The number of carboxylic acids is 1. The third kappa shape index (κ3) is 9.33. The van der Waals surface area contributed by atoms with Crippen LogP contribution in [0.5, 0.6) is 5.75 Å². The van der Waals surface area contributed by atoms with E-state index in [1.165, 1.54) is 6.07 Å². The molecule has 2 amide bonds. The Balaban J connectivity index is 0.00000342. The van der Waals surface area contributed by atoms with E-state index < -0.39 is 17.9 Å². The van der Waals surface area contributed by atoms with Gasteiger partial charge in [0.1, 0.15) is 11.6 Å². The number of phenolic OH excluding ortho intramolecular Hbond substituents is 1. The van der Waals surface area contributed by atoms with Gasteiger partial charge < -0.3 is 27.6 Å². The van der Waals surface area contributed by atoms with Crippen molar-refractivity contribution in [1.82, 2.24) is 15.6 Å². The first-order valence-corrected chi connectivity index (χ1v) is 11.2. The fraction of sp³-hybridized carbons (Fsp3) is 0.231. The SMILES string of the molecule is O=C(O)CC(NC(=O)CNC(=O)CCCNc1ccccn1)c1ccc(-c2ccccc2)c(O)c1.[H-].[Na+]. The Morgan fingerprint density at radius 3 is 2.39 bits per heavy atom. The standard InChI is InChI=1S/C26H28N4O5.Na.H/c31-22-15-19(11-12-20(22)18-7-2-1-3-8-18)21(16-26(34)35)30-25(33)17-29-24(32)10-6-14-28-23-9-4-5-13-27-23;;/h1-5,7-9,11-13,15,21,31H,6,10,14,16-17H2,(H,27,28)(H,29,32)(H,30,33)(H,34,35);;/q;+1;-1. The minimum atomic E-state index is -1.11. The van der Waals surface area contributed by atoms with E-state index in [2.05, 4.69) is 20.9 Å². The molecule has 9 nitrogen and oxygen atoms in total. The number of amides is 2. The molecular formula is C26H29N4NaO5. The number of nitrogens with one attached hydrogen (secondary N) is 3. The summed E-state index contributed by atoms with van der Waals surface area (Å²) in [5.74, 6) is -1.22. The van der Waals surface area contributed by atoms with Crippen molar-refractivity contribution < 1.29 is 55.6 Å². The number of hydrogen-bond acceptors (Lipinski definition) is 6. The normalized spacial score (nSPS) is 11.0. The van der Waals surface area contributed by atoms with Crippen LogP contribution < -0.4 is 45.5 Å². The zero-order valence-electron chi connectivity index (χ0n) is 21.1. The predicted octanol–water partition coefficient (Wildman–Crippen LogP) is 0.211. The van der Waals surface area contributed by atoms with Gasteiger partial charge in [0.15, 0.2) is 0 Å². The van der Waals surface area contributed by atoms with E-state index in [1.807, 2.05) is 48.5 Å². The molecule has 5 N–H and O–H groups in total. The van der Waals surface area contributed by atoms with Crippen LogP contribution in [0.1, 0.15) is 32.3 Å². The van der Waals surface area contributed by atoms with Gasteiger partial charge in [0.25, 0.3) is 0 Å². The van der Waals surface area contributed by atoms with Crippen molar-refractivity contribution in [3.63, 3.8) is 0 Å². The van der Waals surface area contributed by atoms with Gasteiger partial charge >= 0.3 is 35.5 Å². The fourth-order valence-corrected chi connectivity index (χ4v) is 3.50. The summed E-state index contributed by atoms with van der Waals surface area (Å²) in [4.78, 5) is 39.9. The number of aromatic hydroxyl groups is 1. The second-order valence-corrected chi connectivity index (χ2v) is 7.88. The molecule has 3 aromatic rings. The number of phenols is 1. The molecule has 0 aliphatic heterocycles. The first kappa shape index (κ1) is 28.8. The molecular weight excluding hydrogens is 471 g/mol. The maximum absolute atomic E-state index is 12.4. The molecule has 0 saturated heterocycles. The van der Waals surface area contributed by atoms with Crippen molar-refractivity contribution in [3.8, 4) is 16.9 Å². The van der Waals surface area contributed by atoms with Gasteiger partial charge in [-0.25, -0.2) is 4.98 Å². The Morgan fingerprint density at radius 1 is 0.972 bits per heavy atom. The molecule has 10 heteroatoms. The average Bonchev–Trinajstić information content (AvgIpc) is 2.86. The smallest absolute Gasteiger partial charge is 1.00 e. The number of benzene rings is 2. The molecule has 0 spiro atoms. The summed E-state index contributed by atoms with van der Waals surface area (Å²) in [7, 11) is 0. The van der Waals surface area contributed by atoms with Crippen LogP contribution in [0.25, 0.3) is 11.1 Å². The van der Waals surface area contributed by atoms with Gasteiger partial charge in [-0.3, -0.25) is 14.4 Å². The van der Waals surface area contributed by atoms with E-state index in [-0.39, 0.29) is 62.0 Å². The molecule has 36 heavy (non-hydrogen) atoms. The molecule has 2 aromatic carbocycles. The van der Waals surface area contributed by atoms with Crippen LogP contribution in [0, 0.1) is 0 Å². The van der Waals surface area contributed by atoms with Crippen LogP contribution >= 0.6 is 0 Å². The maximum Gasteiger partial charge on any atom is 1.00 e. The Hall–Kier alpha value is -3.40. The largest absolute Gasteiger partial charge is 1.00 e. The zero-order chi connectivity index (χ0) is 25.0. The number of hydrogen-bond donors (Lipinski definition) is 5. The molecule has 0 saturated carbocycles. The first-order valence-electron chi connectivity index (χ1n) is 11.2. The van der Waals surface area contributed by atoms with Crippen molar-refractivity contribution in [3.05, 3.63) is 78.5 Å². The summed E-state index contributed by atoms with van der Waals surface area (Å²) in [5.41, 5.74) is 1.86. The van der Waals surface area contributed by atoms with Crippen molar-refractivity contribution in [2.24, 2.45) is 0 Å². The molecule has 0 aliphatic rings. The van der Waals surface area contributed by atoms with Crippen LogP contribution in [0.15, 0.2) is 72.9 Å². The zero-order valence-corrected chi connectivity index (χ0v) is 22.1. The number of carbonyl (C=O) groups excluding carboxylic acids is 2. The Bertz CT molecular complexity index is 1150. The number of rotatable bonds is 12. The van der Waals surface area contributed by atoms with E-state index in [0.717, 1.165) is 11.4 Å². The monoisotopic (exact) mass is 500 g/mol. The van der Waals surface area contributed by atoms with Crippen LogP contribution in [-0.2, 0) is 14.4 Å². The van der Waals surface area contributed by atoms with Crippen molar-refractivity contribution >= 4 is 23.6 Å². The summed E-state index contributed by atoms with van der Waals surface area (Å²) in [6, 6.07) is 18.7. The molecule has 184 valence electrons. The Kier molecular flexibility index (Phi) is 11.9. The summed E-state index contributed by atoms with van der Waals surface area (Å²) < 4.78 is 0. The number of nitrogens with zero attached hydrogens (tertiary/aromatic N) is 1. The fourth-order valence-electron chi connectivity index (χ4n) is 3.50. The number of anilines is 1. The van der Waals surface area contributed by atoms with E-state index in [4.69, 9.17) is 0 Å². The number of carbonyl (C=O) groups is 3. The van der Waals surface area contributed by atoms with Crippen LogP contribution in [-0.4, -0.2) is 46.1 Å². The minimum Gasteiger partial charge on any atom is -1.00 e. The molecule has 0 aliphatic carbocycles. The van der Waals surface area contributed by atoms with Crippen molar-refractivity contribution in [2.45, 2.75) is 25.3 Å². The molecule has 3 rings (SSSR count). The number of pyridine rings is 1. The summed E-state index contributed by atoms with van der Waals surface area (Å²) >= 11 is 0. The van der Waals surface area contributed by atoms with Gasteiger partial charge in [0.2, 0.25) is 11.8 Å². The van der Waals surface area contributed by atoms with Crippen LogP contribution in [0.2, 0.25) is 0 Å².